The number of rotatable bonds is 1. The molecule has 3 nitrogen and oxygen atoms in total. The largest absolute Gasteiger partial charge is 0.465 e. The smallest absolute Gasteiger partial charge is 0.139 e. The van der Waals surface area contributed by atoms with E-state index in [0.29, 0.717) is 17.3 Å². The molecule has 1 aromatic heterocycles. The molecule has 3 heterocycles. The third kappa shape index (κ3) is 2.64. The predicted octanol–water partition coefficient (Wildman–Crippen LogP) is 6.58. The van der Waals surface area contributed by atoms with Crippen LogP contribution in [0.1, 0.15) is 37.7 Å². The first-order chi connectivity index (χ1) is 13.4. The zero-order valence-electron chi connectivity index (χ0n) is 16.0. The van der Waals surface area contributed by atoms with Gasteiger partial charge in [-0.3, -0.25) is 0 Å². The van der Waals surface area contributed by atoms with Crippen LogP contribution in [0.25, 0.3) is 28.5 Å². The molecule has 0 bridgehead atoms. The zero-order chi connectivity index (χ0) is 19.5. The maximum absolute atomic E-state index is 14.0. The summed E-state index contributed by atoms with van der Waals surface area (Å²) in [6.45, 7) is 6.38. The SMILES string of the molecule is CC1=CC(C)(C)Nc2ccc3c(c21)/C(=C/c1ccco1)Oc1ccc(F)cc1-3. The molecule has 140 valence electrons. The van der Waals surface area contributed by atoms with E-state index in [1.54, 1.807) is 12.3 Å². The van der Waals surface area contributed by atoms with Crippen LogP contribution >= 0.6 is 0 Å². The van der Waals surface area contributed by atoms with E-state index in [1.807, 2.05) is 24.3 Å². The Morgan fingerprint density at radius 1 is 1.04 bits per heavy atom. The third-order valence-electron chi connectivity index (χ3n) is 5.15. The van der Waals surface area contributed by atoms with E-state index >= 15 is 0 Å². The minimum absolute atomic E-state index is 0.143. The van der Waals surface area contributed by atoms with Gasteiger partial charge in [-0.1, -0.05) is 12.1 Å². The quantitative estimate of drug-likeness (QED) is 0.523. The molecule has 0 fully saturated rings. The first kappa shape index (κ1) is 16.9. The first-order valence-electron chi connectivity index (χ1n) is 9.30. The standard InChI is InChI=1S/C24H20FNO2/c1-14-13-24(2,3)26-19-8-7-17-18-11-15(25)6-9-20(18)28-21(23(17)22(14)19)12-16-5-4-10-27-16/h4-13,26H,1-3H3/b21-12-. The summed E-state index contributed by atoms with van der Waals surface area (Å²) in [5, 5.41) is 3.57. The Morgan fingerprint density at radius 3 is 2.68 bits per heavy atom. The normalized spacial score (nSPS) is 17.7. The van der Waals surface area contributed by atoms with Crippen LogP contribution in [0.15, 0.2) is 59.2 Å². The van der Waals surface area contributed by atoms with Crippen molar-refractivity contribution in [1.29, 1.82) is 0 Å². The monoisotopic (exact) mass is 373 g/mol. The molecule has 3 aromatic rings. The topological polar surface area (TPSA) is 34.4 Å². The van der Waals surface area contributed by atoms with Crippen LogP contribution in [-0.4, -0.2) is 5.54 Å². The predicted molar refractivity (Wildman–Crippen MR) is 110 cm³/mol. The summed E-state index contributed by atoms with van der Waals surface area (Å²) in [6.07, 6.45) is 5.73. The molecule has 0 spiro atoms. The second kappa shape index (κ2) is 5.86. The highest BCUT2D eigenvalue weighted by Gasteiger charge is 2.31. The first-order valence-corrected chi connectivity index (χ1v) is 9.30. The number of halogens is 1. The number of hydrogen-bond donors (Lipinski definition) is 1. The highest BCUT2D eigenvalue weighted by Crippen LogP contribution is 2.49. The van der Waals surface area contributed by atoms with Gasteiger partial charge in [0.15, 0.2) is 0 Å². The number of ether oxygens (including phenoxy) is 1. The Balaban J connectivity index is 1.82. The number of allylic oxidation sites excluding steroid dienone is 1. The van der Waals surface area contributed by atoms with E-state index < -0.39 is 0 Å². The fourth-order valence-electron chi connectivity index (χ4n) is 4.17. The Bertz CT molecular complexity index is 1150. The zero-order valence-corrected chi connectivity index (χ0v) is 16.0. The van der Waals surface area contributed by atoms with Crippen molar-refractivity contribution in [3.05, 3.63) is 77.5 Å². The number of nitrogens with one attached hydrogen (secondary N) is 1. The second-order valence-electron chi connectivity index (χ2n) is 7.85. The lowest BCUT2D eigenvalue weighted by Crippen LogP contribution is -2.32. The molecule has 0 saturated carbocycles. The van der Waals surface area contributed by atoms with E-state index in [2.05, 4.69) is 38.2 Å². The highest BCUT2D eigenvalue weighted by molar-refractivity contribution is 6.00. The minimum atomic E-state index is -0.281. The molecular formula is C24H20FNO2. The van der Waals surface area contributed by atoms with E-state index in [4.69, 9.17) is 9.15 Å². The van der Waals surface area contributed by atoms with Gasteiger partial charge in [-0.15, -0.1) is 0 Å². The molecule has 0 amide bonds. The Kier molecular flexibility index (Phi) is 3.53. The fourth-order valence-corrected chi connectivity index (χ4v) is 4.17. The van der Waals surface area contributed by atoms with Gasteiger partial charge < -0.3 is 14.5 Å². The Hall–Kier alpha value is -3.27. The summed E-state index contributed by atoms with van der Waals surface area (Å²) in [7, 11) is 0. The molecule has 0 radical (unpaired) electrons. The second-order valence-corrected chi connectivity index (χ2v) is 7.85. The van der Waals surface area contributed by atoms with E-state index in [-0.39, 0.29) is 11.4 Å². The van der Waals surface area contributed by atoms with Gasteiger partial charge in [0.25, 0.3) is 0 Å². The molecule has 1 N–H and O–H groups in total. The summed E-state index contributed by atoms with van der Waals surface area (Å²) in [4.78, 5) is 0. The fraction of sp³-hybridized carbons (Fsp3) is 0.167. The van der Waals surface area contributed by atoms with Crippen molar-refractivity contribution in [1.82, 2.24) is 0 Å². The van der Waals surface area contributed by atoms with Gasteiger partial charge in [-0.2, -0.15) is 0 Å². The molecule has 4 heteroatoms. The lowest BCUT2D eigenvalue weighted by atomic mass is 9.83. The lowest BCUT2D eigenvalue weighted by molar-refractivity contribution is 0.507. The van der Waals surface area contributed by atoms with Crippen molar-refractivity contribution in [2.75, 3.05) is 5.32 Å². The van der Waals surface area contributed by atoms with Crippen LogP contribution in [0.2, 0.25) is 0 Å². The number of benzene rings is 2. The van der Waals surface area contributed by atoms with Crippen molar-refractivity contribution < 1.29 is 13.5 Å². The number of hydrogen-bond acceptors (Lipinski definition) is 3. The minimum Gasteiger partial charge on any atom is -0.465 e. The van der Waals surface area contributed by atoms with Crippen molar-refractivity contribution in [2.45, 2.75) is 26.3 Å². The van der Waals surface area contributed by atoms with Crippen LogP contribution < -0.4 is 10.1 Å². The lowest BCUT2D eigenvalue weighted by Gasteiger charge is -2.35. The molecule has 2 aliphatic rings. The molecule has 28 heavy (non-hydrogen) atoms. The Morgan fingerprint density at radius 2 is 1.89 bits per heavy atom. The number of furan rings is 1. The highest BCUT2D eigenvalue weighted by atomic mass is 19.1. The van der Waals surface area contributed by atoms with Crippen LogP contribution in [-0.2, 0) is 0 Å². The number of anilines is 1. The third-order valence-corrected chi connectivity index (χ3v) is 5.15. The summed E-state index contributed by atoms with van der Waals surface area (Å²) in [6, 6.07) is 12.5. The molecule has 2 aliphatic heterocycles. The van der Waals surface area contributed by atoms with Crippen LogP contribution in [0.3, 0.4) is 0 Å². The van der Waals surface area contributed by atoms with Crippen LogP contribution in [0.5, 0.6) is 5.75 Å². The summed E-state index contributed by atoms with van der Waals surface area (Å²) >= 11 is 0. The summed E-state index contributed by atoms with van der Waals surface area (Å²) < 4.78 is 25.7. The maximum Gasteiger partial charge on any atom is 0.139 e. The molecule has 0 unspecified atom stereocenters. The average molecular weight is 373 g/mol. The van der Waals surface area contributed by atoms with Crippen molar-refractivity contribution in [2.24, 2.45) is 0 Å². The average Bonchev–Trinajstić information content (AvgIpc) is 3.13. The van der Waals surface area contributed by atoms with Crippen molar-refractivity contribution in [3.8, 4) is 16.9 Å². The molecule has 2 aromatic carbocycles. The van der Waals surface area contributed by atoms with Crippen LogP contribution in [0, 0.1) is 5.82 Å². The van der Waals surface area contributed by atoms with Gasteiger partial charge in [0.05, 0.1) is 11.8 Å². The Labute approximate surface area is 163 Å². The maximum atomic E-state index is 14.0. The molecule has 0 aliphatic carbocycles. The summed E-state index contributed by atoms with van der Waals surface area (Å²) in [5.74, 6) is 1.75. The van der Waals surface area contributed by atoms with Gasteiger partial charge in [0, 0.05) is 28.5 Å². The van der Waals surface area contributed by atoms with E-state index in [1.165, 1.54) is 12.1 Å². The van der Waals surface area contributed by atoms with Crippen molar-refractivity contribution >= 4 is 23.1 Å². The summed E-state index contributed by atoms with van der Waals surface area (Å²) in [5.41, 5.74) is 5.78. The van der Waals surface area contributed by atoms with Gasteiger partial charge in [-0.25, -0.2) is 4.39 Å². The van der Waals surface area contributed by atoms with Crippen LogP contribution in [0.4, 0.5) is 10.1 Å². The van der Waals surface area contributed by atoms with Gasteiger partial charge >= 0.3 is 0 Å². The van der Waals surface area contributed by atoms with Gasteiger partial charge in [-0.05, 0) is 68.3 Å². The molecule has 0 atom stereocenters. The number of fused-ring (bicyclic) bond motifs is 5. The van der Waals surface area contributed by atoms with Gasteiger partial charge in [0.2, 0.25) is 0 Å². The van der Waals surface area contributed by atoms with Gasteiger partial charge in [0.1, 0.15) is 23.1 Å². The molecule has 5 rings (SSSR count). The van der Waals surface area contributed by atoms with Crippen molar-refractivity contribution in [3.63, 3.8) is 0 Å². The molecular weight excluding hydrogens is 353 g/mol. The molecule has 0 saturated heterocycles. The van der Waals surface area contributed by atoms with E-state index in [9.17, 15) is 4.39 Å². The van der Waals surface area contributed by atoms with E-state index in [0.717, 1.165) is 33.5 Å².